The number of pyridine rings is 2. The third kappa shape index (κ3) is 5.43. The molecule has 6 heteroatoms. The third-order valence-corrected chi connectivity index (χ3v) is 6.52. The highest BCUT2D eigenvalue weighted by atomic mass is 16.2. The zero-order valence-electron chi connectivity index (χ0n) is 18.0. The minimum absolute atomic E-state index is 0.119. The van der Waals surface area contributed by atoms with Gasteiger partial charge in [-0.1, -0.05) is 12.1 Å². The summed E-state index contributed by atoms with van der Waals surface area (Å²) >= 11 is 0. The molecule has 2 aromatic heterocycles. The van der Waals surface area contributed by atoms with Gasteiger partial charge in [-0.2, -0.15) is 0 Å². The van der Waals surface area contributed by atoms with Crippen LogP contribution in [0, 0.1) is 5.92 Å². The highest BCUT2D eigenvalue weighted by Crippen LogP contribution is 2.25. The molecule has 30 heavy (non-hydrogen) atoms. The summed E-state index contributed by atoms with van der Waals surface area (Å²) in [7, 11) is 1.92. The van der Waals surface area contributed by atoms with E-state index in [2.05, 4.69) is 25.8 Å². The second-order valence-corrected chi connectivity index (χ2v) is 8.76. The van der Waals surface area contributed by atoms with Gasteiger partial charge in [0, 0.05) is 57.5 Å². The largest absolute Gasteiger partial charge is 0.341 e. The van der Waals surface area contributed by atoms with Crippen LogP contribution in [-0.4, -0.2) is 69.8 Å². The van der Waals surface area contributed by atoms with Crippen molar-refractivity contribution in [1.82, 2.24) is 24.7 Å². The van der Waals surface area contributed by atoms with Crippen molar-refractivity contribution >= 4 is 5.91 Å². The topological polar surface area (TPSA) is 52.6 Å². The molecule has 0 saturated carbocycles. The van der Waals surface area contributed by atoms with Crippen molar-refractivity contribution in [2.45, 2.75) is 44.8 Å². The Kier molecular flexibility index (Phi) is 7.07. The molecule has 2 fully saturated rings. The number of piperidine rings is 2. The molecule has 160 valence electrons. The maximum atomic E-state index is 13.1. The minimum Gasteiger partial charge on any atom is -0.341 e. The van der Waals surface area contributed by atoms with Gasteiger partial charge in [0.25, 0.3) is 0 Å². The highest BCUT2D eigenvalue weighted by Gasteiger charge is 2.32. The van der Waals surface area contributed by atoms with E-state index >= 15 is 0 Å². The van der Waals surface area contributed by atoms with Crippen LogP contribution >= 0.6 is 0 Å². The number of carbonyl (C=O) groups is 1. The molecule has 0 bridgehead atoms. The monoisotopic (exact) mass is 407 g/mol. The number of rotatable bonds is 6. The summed E-state index contributed by atoms with van der Waals surface area (Å²) in [6, 6.07) is 8.73. The van der Waals surface area contributed by atoms with Gasteiger partial charge in [-0.25, -0.2) is 0 Å². The maximum absolute atomic E-state index is 13.1. The lowest BCUT2D eigenvalue weighted by Crippen LogP contribution is -2.50. The second kappa shape index (κ2) is 10.1. The summed E-state index contributed by atoms with van der Waals surface area (Å²) in [6.45, 7) is 5.90. The predicted octanol–water partition coefficient (Wildman–Crippen LogP) is 2.81. The van der Waals surface area contributed by atoms with E-state index in [1.165, 1.54) is 18.4 Å². The van der Waals surface area contributed by atoms with Crippen molar-refractivity contribution in [1.29, 1.82) is 0 Å². The molecule has 4 rings (SSSR count). The van der Waals surface area contributed by atoms with Crippen LogP contribution in [0.2, 0.25) is 0 Å². The van der Waals surface area contributed by atoms with E-state index in [9.17, 15) is 4.79 Å². The predicted molar refractivity (Wildman–Crippen MR) is 118 cm³/mol. The molecule has 2 saturated heterocycles. The van der Waals surface area contributed by atoms with Gasteiger partial charge in [0.15, 0.2) is 0 Å². The van der Waals surface area contributed by atoms with Crippen molar-refractivity contribution in [3.05, 3.63) is 60.2 Å². The Morgan fingerprint density at radius 1 is 1.03 bits per heavy atom. The van der Waals surface area contributed by atoms with E-state index in [1.807, 2.05) is 48.7 Å². The first-order valence-corrected chi connectivity index (χ1v) is 11.2. The van der Waals surface area contributed by atoms with Crippen LogP contribution < -0.4 is 0 Å². The van der Waals surface area contributed by atoms with Crippen LogP contribution in [0.15, 0.2) is 49.1 Å². The van der Waals surface area contributed by atoms with Gasteiger partial charge in [-0.05, 0) is 68.6 Å². The Bertz CT molecular complexity index is 792. The standard InChI is InChI=1S/C24H33N5O/c1-27(17-20-5-2-10-25-15-20)24(30)22-7-4-12-29(19-22)23-8-13-28(14-9-23)18-21-6-3-11-26-16-21/h2-3,5-6,10-11,15-16,22-23H,4,7-9,12-14,17-19H2,1H3/t22-/m0/s1. The molecule has 2 aromatic rings. The summed E-state index contributed by atoms with van der Waals surface area (Å²) in [4.78, 5) is 28.4. The average Bonchev–Trinajstić information content (AvgIpc) is 2.80. The quantitative estimate of drug-likeness (QED) is 0.737. The average molecular weight is 408 g/mol. The molecular formula is C24H33N5O. The zero-order valence-corrected chi connectivity index (χ0v) is 18.0. The van der Waals surface area contributed by atoms with Gasteiger partial charge >= 0.3 is 0 Å². The van der Waals surface area contributed by atoms with E-state index in [1.54, 1.807) is 6.20 Å². The Morgan fingerprint density at radius 2 is 1.73 bits per heavy atom. The van der Waals surface area contributed by atoms with Crippen LogP contribution in [0.3, 0.4) is 0 Å². The summed E-state index contributed by atoms with van der Waals surface area (Å²) in [5.41, 5.74) is 2.37. The molecule has 0 spiro atoms. The number of nitrogens with zero attached hydrogens (tertiary/aromatic N) is 5. The zero-order chi connectivity index (χ0) is 20.8. The Morgan fingerprint density at radius 3 is 2.40 bits per heavy atom. The Balaban J connectivity index is 1.26. The molecule has 0 aliphatic carbocycles. The number of likely N-dealkylation sites (tertiary alicyclic amines) is 2. The van der Waals surface area contributed by atoms with E-state index < -0.39 is 0 Å². The lowest BCUT2D eigenvalue weighted by molar-refractivity contribution is -0.137. The minimum atomic E-state index is 0.119. The fraction of sp³-hybridized carbons (Fsp3) is 0.542. The SMILES string of the molecule is CN(Cc1cccnc1)C(=O)[C@H]1CCCN(C2CCN(Cc3cccnc3)CC2)C1. The molecule has 0 radical (unpaired) electrons. The first-order valence-electron chi connectivity index (χ1n) is 11.2. The number of hydrogen-bond donors (Lipinski definition) is 0. The molecular weight excluding hydrogens is 374 g/mol. The number of carbonyl (C=O) groups excluding carboxylic acids is 1. The number of aromatic nitrogens is 2. The van der Waals surface area contributed by atoms with E-state index in [0.717, 1.165) is 51.1 Å². The van der Waals surface area contributed by atoms with E-state index in [4.69, 9.17) is 0 Å². The van der Waals surface area contributed by atoms with Crippen molar-refractivity contribution in [3.8, 4) is 0 Å². The molecule has 2 aliphatic heterocycles. The molecule has 2 aliphatic rings. The Labute approximate surface area is 179 Å². The van der Waals surface area contributed by atoms with Gasteiger partial charge in [0.1, 0.15) is 0 Å². The summed E-state index contributed by atoms with van der Waals surface area (Å²) in [6.07, 6.45) is 11.9. The van der Waals surface area contributed by atoms with Gasteiger partial charge in [0.2, 0.25) is 5.91 Å². The fourth-order valence-electron chi connectivity index (χ4n) is 4.89. The molecule has 1 atom stereocenters. The van der Waals surface area contributed by atoms with E-state index in [0.29, 0.717) is 12.6 Å². The molecule has 6 nitrogen and oxygen atoms in total. The summed E-state index contributed by atoms with van der Waals surface area (Å²) in [5, 5.41) is 0. The van der Waals surface area contributed by atoms with Crippen LogP contribution in [0.25, 0.3) is 0 Å². The first kappa shape index (κ1) is 20.9. The Hall–Kier alpha value is -2.31. The molecule has 0 N–H and O–H groups in total. The fourth-order valence-corrected chi connectivity index (χ4v) is 4.89. The van der Waals surface area contributed by atoms with Crippen molar-refractivity contribution < 1.29 is 4.79 Å². The lowest BCUT2D eigenvalue weighted by Gasteiger charge is -2.42. The summed E-state index contributed by atoms with van der Waals surface area (Å²) < 4.78 is 0. The van der Waals surface area contributed by atoms with Crippen LogP contribution in [-0.2, 0) is 17.9 Å². The smallest absolute Gasteiger partial charge is 0.227 e. The number of hydrogen-bond acceptors (Lipinski definition) is 5. The van der Waals surface area contributed by atoms with E-state index in [-0.39, 0.29) is 11.8 Å². The van der Waals surface area contributed by atoms with Gasteiger partial charge < -0.3 is 4.90 Å². The second-order valence-electron chi connectivity index (χ2n) is 8.76. The lowest BCUT2D eigenvalue weighted by atomic mass is 9.92. The molecule has 4 heterocycles. The van der Waals surface area contributed by atoms with Crippen LogP contribution in [0.1, 0.15) is 36.8 Å². The van der Waals surface area contributed by atoms with Gasteiger partial charge in [0.05, 0.1) is 5.92 Å². The molecule has 0 unspecified atom stereocenters. The number of amides is 1. The van der Waals surface area contributed by atoms with Crippen LogP contribution in [0.4, 0.5) is 0 Å². The highest BCUT2D eigenvalue weighted by molar-refractivity contribution is 5.78. The molecule has 0 aromatic carbocycles. The third-order valence-electron chi connectivity index (χ3n) is 6.52. The van der Waals surface area contributed by atoms with Crippen LogP contribution in [0.5, 0.6) is 0 Å². The van der Waals surface area contributed by atoms with Crippen molar-refractivity contribution in [2.24, 2.45) is 5.92 Å². The normalized spacial score (nSPS) is 21.4. The van der Waals surface area contributed by atoms with Crippen molar-refractivity contribution in [3.63, 3.8) is 0 Å². The first-order chi connectivity index (χ1) is 14.7. The summed E-state index contributed by atoms with van der Waals surface area (Å²) in [5.74, 6) is 0.395. The molecule has 1 amide bonds. The maximum Gasteiger partial charge on any atom is 0.227 e. The van der Waals surface area contributed by atoms with Gasteiger partial charge in [-0.15, -0.1) is 0 Å². The van der Waals surface area contributed by atoms with Crippen molar-refractivity contribution in [2.75, 3.05) is 33.2 Å². The van der Waals surface area contributed by atoms with Gasteiger partial charge in [-0.3, -0.25) is 24.6 Å².